The highest BCUT2D eigenvalue weighted by molar-refractivity contribution is 4.36. The zero-order chi connectivity index (χ0) is 11.2. The summed E-state index contributed by atoms with van der Waals surface area (Å²) in [5, 5.41) is 8.43. The monoisotopic (exact) mass is 208 g/mol. The normalized spacial score (nSPS) is 11.8. The number of ether oxygens (including phenoxy) is 3. The molecule has 1 N–H and O–H groups in total. The Hall–Kier alpha value is -0.160. The molecule has 1 atom stereocenters. The number of aliphatic hydroxyl groups is 1. The van der Waals surface area contributed by atoms with Crippen molar-refractivity contribution in [1.29, 1.82) is 0 Å². The van der Waals surface area contributed by atoms with Gasteiger partial charge in [-0.1, -0.05) is 6.92 Å². The number of hydrogen-bond acceptors (Lipinski definition) is 4. The summed E-state index contributed by atoms with van der Waals surface area (Å²) in [6.45, 7) is 6.49. The van der Waals surface area contributed by atoms with Crippen molar-refractivity contribution in [2.45, 2.75) is 26.4 Å². The van der Waals surface area contributed by atoms with Gasteiger partial charge in [-0.3, -0.25) is 0 Å². The molecule has 0 heterocycles. The number of aliphatic hydroxyl groups excluding tert-OH is 1. The maximum Gasteiger partial charge on any atom is 0.0745 e. The maximum absolute atomic E-state index is 8.43. The van der Waals surface area contributed by atoms with Gasteiger partial charge in [0.2, 0.25) is 0 Å². The molecule has 0 aromatic heterocycles. The molecule has 0 saturated carbocycles. The van der Waals surface area contributed by atoms with E-state index >= 15 is 0 Å². The molecule has 14 heavy (non-hydrogen) atoms. The van der Waals surface area contributed by atoms with Crippen LogP contribution in [0, 0.1) is 0 Å². The second kappa shape index (κ2) is 15.3. The fraction of sp³-hybridized carbons (Fsp3) is 1.00. The molecule has 1 unspecified atom stereocenters. The summed E-state index contributed by atoms with van der Waals surface area (Å²) in [5.41, 5.74) is 0. The van der Waals surface area contributed by atoms with E-state index < -0.39 is 0 Å². The first-order chi connectivity index (χ1) is 6.68. The number of rotatable bonds is 7. The van der Waals surface area contributed by atoms with E-state index in [1.807, 2.05) is 0 Å². The Morgan fingerprint density at radius 3 is 2.00 bits per heavy atom. The van der Waals surface area contributed by atoms with Crippen LogP contribution in [-0.2, 0) is 14.2 Å². The molecule has 0 saturated heterocycles. The molecular formula is C10H24O4. The summed E-state index contributed by atoms with van der Waals surface area (Å²) in [6, 6.07) is 0. The molecule has 88 valence electrons. The van der Waals surface area contributed by atoms with E-state index in [1.165, 1.54) is 0 Å². The first-order valence-corrected chi connectivity index (χ1v) is 4.92. The molecule has 0 aromatic rings. The summed E-state index contributed by atoms with van der Waals surface area (Å²) in [5.74, 6) is 0. The zero-order valence-corrected chi connectivity index (χ0v) is 9.78. The van der Waals surface area contributed by atoms with Crippen molar-refractivity contribution >= 4 is 0 Å². The van der Waals surface area contributed by atoms with Gasteiger partial charge in [-0.2, -0.15) is 0 Å². The van der Waals surface area contributed by atoms with Crippen molar-refractivity contribution in [3.8, 4) is 0 Å². The van der Waals surface area contributed by atoms with Crippen LogP contribution in [0.3, 0.4) is 0 Å². The molecule has 0 aromatic carbocycles. The predicted octanol–water partition coefficient (Wildman–Crippen LogP) is 1.07. The fourth-order valence-corrected chi connectivity index (χ4v) is 0.630. The van der Waals surface area contributed by atoms with Crippen molar-refractivity contribution in [3.05, 3.63) is 0 Å². The summed E-state index contributed by atoms with van der Waals surface area (Å²) >= 11 is 0. The van der Waals surface area contributed by atoms with Crippen molar-refractivity contribution in [2.24, 2.45) is 0 Å². The molecule has 0 aliphatic heterocycles. The third kappa shape index (κ3) is 22.6. The first kappa shape index (κ1) is 16.3. The summed E-state index contributed by atoms with van der Waals surface area (Å²) < 4.78 is 14.4. The van der Waals surface area contributed by atoms with E-state index in [-0.39, 0.29) is 6.10 Å². The van der Waals surface area contributed by atoms with Crippen LogP contribution in [0.1, 0.15) is 20.3 Å². The third-order valence-corrected chi connectivity index (χ3v) is 1.19. The summed E-state index contributed by atoms with van der Waals surface area (Å²) in [6.07, 6.45) is 0.763. The second-order valence-corrected chi connectivity index (χ2v) is 2.91. The lowest BCUT2D eigenvalue weighted by Gasteiger charge is -1.98. The van der Waals surface area contributed by atoms with Crippen LogP contribution < -0.4 is 0 Å². The molecule has 0 aliphatic carbocycles. The molecular weight excluding hydrogens is 184 g/mol. The van der Waals surface area contributed by atoms with Crippen LogP contribution in [0.15, 0.2) is 0 Å². The number of hydrogen-bond donors (Lipinski definition) is 1. The predicted molar refractivity (Wildman–Crippen MR) is 56.5 cm³/mol. The Morgan fingerprint density at radius 1 is 1.07 bits per heavy atom. The van der Waals surface area contributed by atoms with Gasteiger partial charge in [0.05, 0.1) is 25.9 Å². The Morgan fingerprint density at radius 2 is 1.71 bits per heavy atom. The van der Waals surface area contributed by atoms with Gasteiger partial charge >= 0.3 is 0 Å². The zero-order valence-electron chi connectivity index (χ0n) is 9.78. The smallest absolute Gasteiger partial charge is 0.0745 e. The molecule has 0 fully saturated rings. The minimum absolute atomic E-state index is 0.324. The Balaban J connectivity index is 0. The maximum atomic E-state index is 8.43. The topological polar surface area (TPSA) is 47.9 Å². The van der Waals surface area contributed by atoms with E-state index in [1.54, 1.807) is 21.1 Å². The lowest BCUT2D eigenvalue weighted by Crippen LogP contribution is -2.07. The minimum atomic E-state index is -0.324. The van der Waals surface area contributed by atoms with Crippen LogP contribution in [0.5, 0.6) is 0 Å². The second-order valence-electron chi connectivity index (χ2n) is 2.91. The van der Waals surface area contributed by atoms with Gasteiger partial charge in [0, 0.05) is 20.8 Å². The number of methoxy groups -OCH3 is 2. The van der Waals surface area contributed by atoms with Crippen LogP contribution in [0.4, 0.5) is 0 Å². The quantitative estimate of drug-likeness (QED) is 0.636. The van der Waals surface area contributed by atoms with E-state index in [0.29, 0.717) is 13.2 Å². The van der Waals surface area contributed by atoms with Gasteiger partial charge in [0.1, 0.15) is 0 Å². The van der Waals surface area contributed by atoms with Gasteiger partial charge in [-0.25, -0.2) is 0 Å². The molecule has 0 bridgehead atoms. The molecule has 0 rings (SSSR count). The van der Waals surface area contributed by atoms with Crippen molar-refractivity contribution in [3.63, 3.8) is 0 Å². The van der Waals surface area contributed by atoms with Gasteiger partial charge < -0.3 is 19.3 Å². The lowest BCUT2D eigenvalue weighted by molar-refractivity contribution is 0.0710. The fourth-order valence-electron chi connectivity index (χ4n) is 0.630. The van der Waals surface area contributed by atoms with Crippen LogP contribution >= 0.6 is 0 Å². The van der Waals surface area contributed by atoms with E-state index in [4.69, 9.17) is 14.6 Å². The third-order valence-electron chi connectivity index (χ3n) is 1.19. The van der Waals surface area contributed by atoms with Crippen LogP contribution in [0.25, 0.3) is 0 Å². The Kier molecular flexibility index (Phi) is 17.8. The SMILES string of the molecule is CCCOCCOC.COCC(C)O. The van der Waals surface area contributed by atoms with Crippen LogP contribution in [-0.4, -0.2) is 51.9 Å². The van der Waals surface area contributed by atoms with Crippen molar-refractivity contribution < 1.29 is 19.3 Å². The molecule has 0 radical (unpaired) electrons. The van der Waals surface area contributed by atoms with Gasteiger partial charge in [-0.05, 0) is 13.3 Å². The summed E-state index contributed by atoms with van der Waals surface area (Å²) in [7, 11) is 3.24. The summed E-state index contributed by atoms with van der Waals surface area (Å²) in [4.78, 5) is 0. The highest BCUT2D eigenvalue weighted by atomic mass is 16.5. The molecule has 0 aliphatic rings. The van der Waals surface area contributed by atoms with Gasteiger partial charge in [0.15, 0.2) is 0 Å². The van der Waals surface area contributed by atoms with E-state index in [9.17, 15) is 0 Å². The average Bonchev–Trinajstić information content (AvgIpc) is 2.13. The molecule has 4 heteroatoms. The first-order valence-electron chi connectivity index (χ1n) is 4.92. The van der Waals surface area contributed by atoms with Crippen molar-refractivity contribution in [1.82, 2.24) is 0 Å². The molecule has 4 nitrogen and oxygen atoms in total. The van der Waals surface area contributed by atoms with Gasteiger partial charge in [-0.15, -0.1) is 0 Å². The minimum Gasteiger partial charge on any atom is -0.391 e. The Bertz CT molecular complexity index is 80.2. The standard InChI is InChI=1S/C6H14O2.C4H10O2/c1-3-4-8-6-5-7-2;1-4(5)3-6-2/h3-6H2,1-2H3;4-5H,3H2,1-2H3. The lowest BCUT2D eigenvalue weighted by atomic mass is 10.5. The average molecular weight is 208 g/mol. The highest BCUT2D eigenvalue weighted by Gasteiger charge is 1.87. The van der Waals surface area contributed by atoms with E-state index in [2.05, 4.69) is 11.7 Å². The van der Waals surface area contributed by atoms with Gasteiger partial charge in [0.25, 0.3) is 0 Å². The van der Waals surface area contributed by atoms with Crippen LogP contribution in [0.2, 0.25) is 0 Å². The van der Waals surface area contributed by atoms with Crippen molar-refractivity contribution in [2.75, 3.05) is 40.6 Å². The van der Waals surface area contributed by atoms with E-state index in [0.717, 1.165) is 19.6 Å². The Labute approximate surface area is 87.2 Å². The largest absolute Gasteiger partial charge is 0.391 e. The molecule has 0 amide bonds. The highest BCUT2D eigenvalue weighted by Crippen LogP contribution is 1.78. The molecule has 0 spiro atoms.